The van der Waals surface area contributed by atoms with Gasteiger partial charge in [-0.3, -0.25) is 4.79 Å². The van der Waals surface area contributed by atoms with Gasteiger partial charge in [0.1, 0.15) is 0 Å². The minimum Gasteiger partial charge on any atom is -0.368 e. The van der Waals surface area contributed by atoms with Crippen LogP contribution >= 0.6 is 11.8 Å². The van der Waals surface area contributed by atoms with Crippen LogP contribution in [0.15, 0.2) is 23.1 Å². The van der Waals surface area contributed by atoms with Crippen molar-refractivity contribution in [2.45, 2.75) is 16.7 Å². The van der Waals surface area contributed by atoms with Crippen LogP contribution in [-0.2, 0) is 10.4 Å². The summed E-state index contributed by atoms with van der Waals surface area (Å²) in [5.41, 5.74) is -3.89. The summed E-state index contributed by atoms with van der Waals surface area (Å²) >= 11 is 1.33. The lowest BCUT2D eigenvalue weighted by atomic mass is 9.95. The number of anilines is 1. The molecule has 92 valence electrons. The highest BCUT2D eigenvalue weighted by atomic mass is 32.2. The molecule has 0 aromatic heterocycles. The SMILES string of the molecule is CSc1ccc2c(c1)NC(=O)[C@]2(O)C(F)(F)F. The number of nitrogens with one attached hydrogen (secondary N) is 1. The van der Waals surface area contributed by atoms with Crippen molar-refractivity contribution in [1.29, 1.82) is 0 Å². The Hall–Kier alpha value is -1.21. The van der Waals surface area contributed by atoms with Crippen molar-refractivity contribution in [2.24, 2.45) is 0 Å². The van der Waals surface area contributed by atoms with Crippen molar-refractivity contribution in [3.05, 3.63) is 23.8 Å². The zero-order valence-corrected chi connectivity index (χ0v) is 9.45. The van der Waals surface area contributed by atoms with Gasteiger partial charge < -0.3 is 10.4 Å². The summed E-state index contributed by atoms with van der Waals surface area (Å²) in [6.45, 7) is 0. The summed E-state index contributed by atoms with van der Waals surface area (Å²) < 4.78 is 38.2. The Morgan fingerprint density at radius 3 is 2.59 bits per heavy atom. The fraction of sp³-hybridized carbons (Fsp3) is 0.300. The van der Waals surface area contributed by atoms with Gasteiger partial charge in [-0.05, 0) is 18.4 Å². The lowest BCUT2D eigenvalue weighted by Gasteiger charge is -2.23. The molecule has 1 heterocycles. The predicted octanol–water partition coefficient (Wildman–Crippen LogP) is 2.11. The van der Waals surface area contributed by atoms with Crippen LogP contribution in [0.5, 0.6) is 0 Å². The number of rotatable bonds is 1. The largest absolute Gasteiger partial charge is 0.430 e. The van der Waals surface area contributed by atoms with Crippen LogP contribution in [0, 0.1) is 0 Å². The predicted molar refractivity (Wildman–Crippen MR) is 56.8 cm³/mol. The van der Waals surface area contributed by atoms with E-state index in [4.69, 9.17) is 0 Å². The molecule has 1 aromatic rings. The lowest BCUT2D eigenvalue weighted by molar-refractivity contribution is -0.252. The van der Waals surface area contributed by atoms with E-state index >= 15 is 0 Å². The third-order valence-corrected chi connectivity index (χ3v) is 3.33. The second-order valence-corrected chi connectivity index (χ2v) is 4.45. The van der Waals surface area contributed by atoms with Gasteiger partial charge in [-0.15, -0.1) is 11.8 Å². The van der Waals surface area contributed by atoms with E-state index < -0.39 is 23.2 Å². The molecule has 2 N–H and O–H groups in total. The number of fused-ring (bicyclic) bond motifs is 1. The van der Waals surface area contributed by atoms with Crippen molar-refractivity contribution < 1.29 is 23.1 Å². The first-order valence-corrected chi connectivity index (χ1v) is 5.82. The van der Waals surface area contributed by atoms with Crippen LogP contribution in [0.2, 0.25) is 0 Å². The smallest absolute Gasteiger partial charge is 0.368 e. The molecule has 17 heavy (non-hydrogen) atoms. The van der Waals surface area contributed by atoms with E-state index in [9.17, 15) is 23.1 Å². The zero-order chi connectivity index (χ0) is 12.8. The summed E-state index contributed by atoms with van der Waals surface area (Å²) in [7, 11) is 0. The van der Waals surface area contributed by atoms with E-state index in [1.54, 1.807) is 6.26 Å². The Morgan fingerprint density at radius 1 is 1.41 bits per heavy atom. The molecule has 7 heteroatoms. The van der Waals surface area contributed by atoms with E-state index in [2.05, 4.69) is 0 Å². The van der Waals surface area contributed by atoms with Crippen LogP contribution in [0.3, 0.4) is 0 Å². The van der Waals surface area contributed by atoms with E-state index in [1.165, 1.54) is 23.9 Å². The molecule has 1 aromatic carbocycles. The maximum Gasteiger partial charge on any atom is 0.430 e. The molecule has 0 aliphatic carbocycles. The molecular formula is C10H8F3NO2S. The minimum absolute atomic E-state index is 0.00155. The first-order valence-electron chi connectivity index (χ1n) is 4.60. The summed E-state index contributed by atoms with van der Waals surface area (Å²) in [4.78, 5) is 12.0. The van der Waals surface area contributed by atoms with Gasteiger partial charge in [0.2, 0.25) is 0 Å². The topological polar surface area (TPSA) is 49.3 Å². The Labute approximate surface area is 99.0 Å². The van der Waals surface area contributed by atoms with Gasteiger partial charge in [0, 0.05) is 16.1 Å². The summed E-state index contributed by atoms with van der Waals surface area (Å²) in [5, 5.41) is 11.6. The van der Waals surface area contributed by atoms with Gasteiger partial charge in [-0.2, -0.15) is 13.2 Å². The Morgan fingerprint density at radius 2 is 2.06 bits per heavy atom. The number of hydrogen-bond acceptors (Lipinski definition) is 3. The highest BCUT2D eigenvalue weighted by molar-refractivity contribution is 7.98. The Kier molecular flexibility index (Phi) is 2.62. The number of carbonyl (C=O) groups excluding carboxylic acids is 1. The number of carbonyl (C=O) groups is 1. The van der Waals surface area contributed by atoms with Gasteiger partial charge in [0.25, 0.3) is 11.5 Å². The molecule has 2 rings (SSSR count). The average molecular weight is 263 g/mol. The van der Waals surface area contributed by atoms with Gasteiger partial charge in [0.15, 0.2) is 0 Å². The second kappa shape index (κ2) is 3.64. The quantitative estimate of drug-likeness (QED) is 0.763. The lowest BCUT2D eigenvalue weighted by Crippen LogP contribution is -2.47. The van der Waals surface area contributed by atoms with E-state index in [0.29, 0.717) is 4.90 Å². The number of hydrogen-bond donors (Lipinski definition) is 2. The van der Waals surface area contributed by atoms with Crippen LogP contribution in [0.25, 0.3) is 0 Å². The van der Waals surface area contributed by atoms with E-state index in [-0.39, 0.29) is 5.69 Å². The minimum atomic E-state index is -5.04. The maximum absolute atomic E-state index is 12.7. The van der Waals surface area contributed by atoms with Crippen LogP contribution in [0.1, 0.15) is 5.56 Å². The molecule has 1 amide bonds. The number of benzene rings is 1. The van der Waals surface area contributed by atoms with E-state index in [1.807, 2.05) is 5.32 Å². The zero-order valence-electron chi connectivity index (χ0n) is 8.63. The van der Waals surface area contributed by atoms with Crippen molar-refractivity contribution in [3.8, 4) is 0 Å². The third kappa shape index (κ3) is 1.61. The molecule has 1 aliphatic rings. The number of aliphatic hydroxyl groups is 1. The summed E-state index contributed by atoms with van der Waals surface area (Å²) in [6.07, 6.45) is -3.28. The Balaban J connectivity index is 2.59. The van der Waals surface area contributed by atoms with Crippen molar-refractivity contribution in [2.75, 3.05) is 11.6 Å². The molecule has 0 bridgehead atoms. The molecule has 0 fully saturated rings. The fourth-order valence-electron chi connectivity index (χ4n) is 1.69. The van der Waals surface area contributed by atoms with Crippen molar-refractivity contribution >= 4 is 23.4 Å². The number of halogens is 3. The third-order valence-electron chi connectivity index (χ3n) is 2.60. The second-order valence-electron chi connectivity index (χ2n) is 3.57. The fourth-order valence-corrected chi connectivity index (χ4v) is 2.13. The first kappa shape index (κ1) is 12.3. The highest BCUT2D eigenvalue weighted by Gasteiger charge is 2.64. The van der Waals surface area contributed by atoms with Gasteiger partial charge in [-0.1, -0.05) is 6.07 Å². The standard InChI is InChI=1S/C10H8F3NO2S/c1-17-5-2-3-6-7(4-5)14-8(15)9(6,16)10(11,12)13/h2-4,16H,1H3,(H,14,15)/t9-/m0/s1. The molecule has 3 nitrogen and oxygen atoms in total. The number of amides is 1. The molecule has 0 saturated carbocycles. The van der Waals surface area contributed by atoms with E-state index in [0.717, 1.165) is 6.07 Å². The number of alkyl halides is 3. The summed E-state index contributed by atoms with van der Waals surface area (Å²) in [6, 6.07) is 3.95. The average Bonchev–Trinajstić information content (AvgIpc) is 2.51. The van der Waals surface area contributed by atoms with Crippen LogP contribution < -0.4 is 5.32 Å². The van der Waals surface area contributed by atoms with Crippen LogP contribution in [-0.4, -0.2) is 23.4 Å². The highest BCUT2D eigenvalue weighted by Crippen LogP contribution is 2.47. The van der Waals surface area contributed by atoms with Crippen molar-refractivity contribution in [1.82, 2.24) is 0 Å². The molecule has 0 radical (unpaired) electrons. The first-order chi connectivity index (χ1) is 7.80. The van der Waals surface area contributed by atoms with Gasteiger partial charge in [0.05, 0.1) is 0 Å². The molecule has 1 aliphatic heterocycles. The monoisotopic (exact) mass is 263 g/mol. The molecule has 0 saturated heterocycles. The summed E-state index contributed by atoms with van der Waals surface area (Å²) in [5.74, 6) is -1.46. The molecule has 0 unspecified atom stereocenters. The maximum atomic E-state index is 12.7. The number of thioether (sulfide) groups is 1. The van der Waals surface area contributed by atoms with Crippen LogP contribution in [0.4, 0.5) is 18.9 Å². The van der Waals surface area contributed by atoms with Gasteiger partial charge in [-0.25, -0.2) is 0 Å². The molecular weight excluding hydrogens is 255 g/mol. The molecule has 0 spiro atoms. The molecule has 1 atom stereocenters. The normalized spacial score (nSPS) is 23.5. The Bertz CT molecular complexity index is 489. The van der Waals surface area contributed by atoms with Crippen molar-refractivity contribution in [3.63, 3.8) is 0 Å². The van der Waals surface area contributed by atoms with Gasteiger partial charge >= 0.3 is 6.18 Å².